The predicted molar refractivity (Wildman–Crippen MR) is 116 cm³/mol. The lowest BCUT2D eigenvalue weighted by Crippen LogP contribution is -2.60. The second-order valence-electron chi connectivity index (χ2n) is 7.33. The van der Waals surface area contributed by atoms with Gasteiger partial charge in [0.2, 0.25) is 16.9 Å². The molecule has 3 atom stereocenters. The van der Waals surface area contributed by atoms with E-state index in [0.29, 0.717) is 18.5 Å². The number of aliphatic hydroxyl groups excluding tert-OH is 1. The van der Waals surface area contributed by atoms with Gasteiger partial charge >= 0.3 is 5.97 Å². The molecule has 1 aliphatic heterocycles. The van der Waals surface area contributed by atoms with Crippen LogP contribution in [0.4, 0.5) is 0 Å². The van der Waals surface area contributed by atoms with Crippen LogP contribution in [0.15, 0.2) is 18.2 Å². The molecule has 0 aromatic heterocycles. The topological polar surface area (TPSA) is 153 Å². The third-order valence-electron chi connectivity index (χ3n) is 4.93. The normalized spacial score (nSPS) is 17.1. The Labute approximate surface area is 189 Å². The molecule has 10 nitrogen and oxygen atoms in total. The van der Waals surface area contributed by atoms with Crippen molar-refractivity contribution < 1.29 is 39.2 Å². The molecule has 0 saturated carbocycles. The minimum atomic E-state index is -1.47. The fraction of sp³-hybridized carbons (Fsp3) is 0.524. The zero-order chi connectivity index (χ0) is 23.8. The molecule has 1 aliphatic rings. The highest BCUT2D eigenvalue weighted by molar-refractivity contribution is 8.13. The molecule has 11 heteroatoms. The third kappa shape index (κ3) is 6.86. The number of benzene rings is 1. The lowest BCUT2D eigenvalue weighted by Gasteiger charge is -2.41. The maximum absolute atomic E-state index is 12.6. The average molecular weight is 469 g/mol. The number of phenols is 2. The zero-order valence-electron chi connectivity index (χ0n) is 17.9. The fourth-order valence-corrected chi connectivity index (χ4v) is 4.00. The Kier molecular flexibility index (Phi) is 9.33. The monoisotopic (exact) mass is 468 g/mol. The molecule has 1 saturated heterocycles. The van der Waals surface area contributed by atoms with Crippen molar-refractivity contribution in [3.8, 4) is 11.5 Å². The van der Waals surface area contributed by atoms with Crippen molar-refractivity contribution in [2.75, 3.05) is 18.9 Å². The first-order valence-corrected chi connectivity index (χ1v) is 11.2. The van der Waals surface area contributed by atoms with Crippen molar-refractivity contribution in [2.24, 2.45) is 0 Å². The Hall–Kier alpha value is -2.79. The smallest absolute Gasteiger partial charge is 0.306 e. The molecule has 0 radical (unpaired) electrons. The van der Waals surface area contributed by atoms with Gasteiger partial charge in [0.15, 0.2) is 11.5 Å². The summed E-state index contributed by atoms with van der Waals surface area (Å²) in [4.78, 5) is 50.0. The first-order valence-electron chi connectivity index (χ1n) is 10.3. The summed E-state index contributed by atoms with van der Waals surface area (Å²) in [7, 11) is 0. The van der Waals surface area contributed by atoms with Gasteiger partial charge in [-0.1, -0.05) is 17.8 Å². The van der Waals surface area contributed by atoms with Crippen LogP contribution >= 0.6 is 11.8 Å². The van der Waals surface area contributed by atoms with E-state index < -0.39 is 30.0 Å². The summed E-state index contributed by atoms with van der Waals surface area (Å²) < 4.78 is 4.81. The Bertz CT molecular complexity index is 862. The van der Waals surface area contributed by atoms with Crippen molar-refractivity contribution in [1.82, 2.24) is 10.2 Å². The van der Waals surface area contributed by atoms with Crippen LogP contribution in [-0.4, -0.2) is 80.2 Å². The number of likely N-dealkylation sites (tertiary alicyclic amines) is 1. The SMILES string of the molecule is CCOC(=O)CCSC(=O)C1CCN1C(=O)C(C)NC(=O)C(O)Cc1ccc(O)c(O)c1. The molecule has 32 heavy (non-hydrogen) atoms. The number of nitrogens with one attached hydrogen (secondary N) is 1. The lowest BCUT2D eigenvalue weighted by molar-refractivity contribution is -0.147. The molecular weight excluding hydrogens is 440 g/mol. The lowest BCUT2D eigenvalue weighted by atomic mass is 10.0. The van der Waals surface area contributed by atoms with E-state index in [-0.39, 0.29) is 47.8 Å². The number of esters is 1. The summed E-state index contributed by atoms with van der Waals surface area (Å²) >= 11 is 0.970. The molecule has 3 unspecified atom stereocenters. The second kappa shape index (κ2) is 11.7. The highest BCUT2D eigenvalue weighted by Gasteiger charge is 2.39. The minimum Gasteiger partial charge on any atom is -0.504 e. The minimum absolute atomic E-state index is 0.105. The van der Waals surface area contributed by atoms with E-state index in [9.17, 15) is 34.5 Å². The number of thioether (sulfide) groups is 1. The highest BCUT2D eigenvalue weighted by atomic mass is 32.2. The summed E-state index contributed by atoms with van der Waals surface area (Å²) in [6.07, 6.45) is -0.984. The molecule has 2 rings (SSSR count). The second-order valence-corrected chi connectivity index (χ2v) is 8.43. The summed E-state index contributed by atoms with van der Waals surface area (Å²) in [6.45, 7) is 3.82. The van der Waals surface area contributed by atoms with Crippen molar-refractivity contribution >= 4 is 34.7 Å². The van der Waals surface area contributed by atoms with E-state index in [1.165, 1.54) is 30.0 Å². The Morgan fingerprint density at radius 3 is 2.56 bits per heavy atom. The van der Waals surface area contributed by atoms with E-state index in [1.807, 2.05) is 0 Å². The van der Waals surface area contributed by atoms with E-state index in [2.05, 4.69) is 5.32 Å². The van der Waals surface area contributed by atoms with Gasteiger partial charge in [0.05, 0.1) is 13.0 Å². The van der Waals surface area contributed by atoms with Crippen LogP contribution in [0.25, 0.3) is 0 Å². The predicted octanol–water partition coefficient (Wildman–Crippen LogP) is 0.320. The molecule has 0 bridgehead atoms. The van der Waals surface area contributed by atoms with Crippen LogP contribution < -0.4 is 5.32 Å². The molecular formula is C21H28N2O8S. The van der Waals surface area contributed by atoms with Gasteiger partial charge in [0, 0.05) is 18.7 Å². The van der Waals surface area contributed by atoms with Crippen molar-refractivity contribution in [2.45, 2.75) is 51.3 Å². The number of aliphatic hydroxyl groups is 1. The summed E-state index contributed by atoms with van der Waals surface area (Å²) in [5, 5.41) is 31.2. The van der Waals surface area contributed by atoms with Crippen molar-refractivity contribution in [1.29, 1.82) is 0 Å². The molecule has 1 fully saturated rings. The van der Waals surface area contributed by atoms with Crippen LogP contribution in [0.5, 0.6) is 11.5 Å². The summed E-state index contributed by atoms with van der Waals surface area (Å²) in [5.74, 6) is -2.01. The number of carbonyl (C=O) groups is 4. The molecule has 0 aliphatic carbocycles. The molecule has 1 aromatic carbocycles. The molecule has 1 heterocycles. The molecule has 1 aromatic rings. The van der Waals surface area contributed by atoms with Gasteiger partial charge in [0.25, 0.3) is 0 Å². The van der Waals surface area contributed by atoms with E-state index >= 15 is 0 Å². The van der Waals surface area contributed by atoms with E-state index in [0.717, 1.165) is 11.8 Å². The quantitative estimate of drug-likeness (QED) is 0.281. The van der Waals surface area contributed by atoms with Gasteiger partial charge in [0.1, 0.15) is 18.2 Å². The van der Waals surface area contributed by atoms with Crippen LogP contribution in [0.1, 0.15) is 32.3 Å². The van der Waals surface area contributed by atoms with E-state index in [1.54, 1.807) is 6.92 Å². The van der Waals surface area contributed by atoms with Crippen LogP contribution in [0, 0.1) is 0 Å². The maximum atomic E-state index is 12.6. The first-order chi connectivity index (χ1) is 15.1. The Balaban J connectivity index is 1.81. The average Bonchev–Trinajstić information content (AvgIpc) is 2.69. The number of phenolic OH excluding ortho intramolecular Hbond substituents is 2. The van der Waals surface area contributed by atoms with Crippen LogP contribution in [0.3, 0.4) is 0 Å². The van der Waals surface area contributed by atoms with Crippen LogP contribution in [-0.2, 0) is 30.3 Å². The number of nitrogens with zero attached hydrogens (tertiary/aromatic N) is 1. The van der Waals surface area contributed by atoms with Crippen molar-refractivity contribution in [3.63, 3.8) is 0 Å². The number of hydrogen-bond acceptors (Lipinski definition) is 9. The fourth-order valence-electron chi connectivity index (χ4n) is 3.09. The summed E-state index contributed by atoms with van der Waals surface area (Å²) in [5.41, 5.74) is 0.426. The van der Waals surface area contributed by atoms with Gasteiger partial charge in [-0.3, -0.25) is 19.2 Å². The van der Waals surface area contributed by atoms with Gasteiger partial charge in [-0.25, -0.2) is 0 Å². The standard InChI is InChI=1S/C21H28N2O8S/c1-3-31-18(27)7-9-32-21(30)14-6-8-23(14)20(29)12(2)22-19(28)17(26)11-13-4-5-15(24)16(25)10-13/h4-5,10,12,14,17,24-26H,3,6-9,11H2,1-2H3,(H,22,28). The molecule has 2 amide bonds. The Morgan fingerprint density at radius 1 is 1.25 bits per heavy atom. The first kappa shape index (κ1) is 25.5. The van der Waals surface area contributed by atoms with Crippen LogP contribution in [0.2, 0.25) is 0 Å². The Morgan fingerprint density at radius 2 is 1.97 bits per heavy atom. The van der Waals surface area contributed by atoms with Gasteiger partial charge in [-0.05, 0) is 38.0 Å². The number of ether oxygens (including phenoxy) is 1. The van der Waals surface area contributed by atoms with E-state index in [4.69, 9.17) is 4.74 Å². The number of rotatable bonds is 10. The zero-order valence-corrected chi connectivity index (χ0v) is 18.8. The highest BCUT2D eigenvalue weighted by Crippen LogP contribution is 2.26. The van der Waals surface area contributed by atoms with Crippen molar-refractivity contribution in [3.05, 3.63) is 23.8 Å². The maximum Gasteiger partial charge on any atom is 0.306 e. The number of amides is 2. The largest absolute Gasteiger partial charge is 0.504 e. The number of hydrogen-bond donors (Lipinski definition) is 4. The molecule has 4 N–H and O–H groups in total. The van der Waals surface area contributed by atoms with Gasteiger partial charge in [-0.15, -0.1) is 0 Å². The molecule has 176 valence electrons. The number of aromatic hydroxyl groups is 2. The van der Waals surface area contributed by atoms with Gasteiger partial charge < -0.3 is 30.3 Å². The van der Waals surface area contributed by atoms with Gasteiger partial charge in [-0.2, -0.15) is 0 Å². The third-order valence-corrected chi connectivity index (χ3v) is 5.90. The molecule has 0 spiro atoms. The number of carbonyl (C=O) groups excluding carboxylic acids is 4. The summed E-state index contributed by atoms with van der Waals surface area (Å²) in [6, 6.07) is 2.36.